The summed E-state index contributed by atoms with van der Waals surface area (Å²) in [5.41, 5.74) is -0.341. The molecule has 2 aromatic heterocycles. The van der Waals surface area contributed by atoms with Crippen LogP contribution < -0.4 is 15.5 Å². The largest absolute Gasteiger partial charge is 0.477 e. The third-order valence-corrected chi connectivity index (χ3v) is 2.59. The fourth-order valence-electron chi connectivity index (χ4n) is 1.49. The first kappa shape index (κ1) is 14.8. The Bertz CT molecular complexity index is 689. The molecular weight excluding hydrogens is 276 g/mol. The van der Waals surface area contributed by atoms with Gasteiger partial charge in [0.25, 0.3) is 5.91 Å². The van der Waals surface area contributed by atoms with E-state index in [4.69, 9.17) is 9.15 Å². The number of ether oxygens (including phenoxy) is 1. The molecule has 1 amide bonds. The zero-order valence-electron chi connectivity index (χ0n) is 12.0. The normalized spacial score (nSPS) is 10.7. The molecule has 0 aliphatic carbocycles. The van der Waals surface area contributed by atoms with Gasteiger partial charge in [0.1, 0.15) is 17.8 Å². The van der Waals surface area contributed by atoms with Crippen molar-refractivity contribution in [2.45, 2.75) is 26.7 Å². The van der Waals surface area contributed by atoms with Crippen molar-refractivity contribution >= 4 is 11.9 Å². The molecule has 0 saturated carbocycles. The van der Waals surface area contributed by atoms with E-state index >= 15 is 0 Å². The number of H-pyrrole nitrogens is 1. The molecule has 0 bridgehead atoms. The second-order valence-electron chi connectivity index (χ2n) is 4.76. The van der Waals surface area contributed by atoms with E-state index in [1.54, 1.807) is 6.92 Å². The maximum Gasteiger partial charge on any atom is 0.264 e. The molecule has 112 valence electrons. The molecule has 0 spiro atoms. The summed E-state index contributed by atoms with van der Waals surface area (Å²) in [5, 5.41) is 9.04. The van der Waals surface area contributed by atoms with Gasteiger partial charge in [0.05, 0.1) is 0 Å². The topological polar surface area (TPSA) is 110 Å². The number of nitrogens with one attached hydrogen (secondary N) is 2. The summed E-state index contributed by atoms with van der Waals surface area (Å²) in [6.07, 6.45) is 1.18. The second-order valence-corrected chi connectivity index (χ2v) is 4.76. The molecule has 2 rings (SSSR count). The maximum atomic E-state index is 11.7. The van der Waals surface area contributed by atoms with Gasteiger partial charge in [-0.2, -0.15) is 4.98 Å². The summed E-state index contributed by atoms with van der Waals surface area (Å²) in [7, 11) is 0. The number of carbonyl (C=O) groups excluding carboxylic acids is 1. The van der Waals surface area contributed by atoms with Crippen LogP contribution in [0.4, 0.5) is 5.95 Å². The Morgan fingerprint density at radius 2 is 2.29 bits per heavy atom. The van der Waals surface area contributed by atoms with Crippen LogP contribution >= 0.6 is 0 Å². The van der Waals surface area contributed by atoms with Gasteiger partial charge in [-0.1, -0.05) is 13.8 Å². The molecule has 0 saturated heterocycles. The number of aryl methyl sites for hydroxylation is 1. The molecule has 21 heavy (non-hydrogen) atoms. The minimum atomic E-state index is -0.468. The number of carbonyl (C=O) groups is 1. The summed E-state index contributed by atoms with van der Waals surface area (Å²) in [5.74, 6) is 1.00. The van der Waals surface area contributed by atoms with Crippen molar-refractivity contribution in [2.24, 2.45) is 0 Å². The Hall–Kier alpha value is -2.64. The molecule has 2 heterocycles. The lowest BCUT2D eigenvalue weighted by atomic mass is 10.2. The number of hydrogen-bond donors (Lipinski definition) is 2. The van der Waals surface area contributed by atoms with E-state index in [9.17, 15) is 9.59 Å². The minimum absolute atomic E-state index is 0.0198. The minimum Gasteiger partial charge on any atom is -0.477 e. The third-order valence-electron chi connectivity index (χ3n) is 2.59. The maximum absolute atomic E-state index is 11.7. The molecule has 0 fully saturated rings. The Morgan fingerprint density at radius 3 is 2.90 bits per heavy atom. The van der Waals surface area contributed by atoms with Gasteiger partial charge in [-0.15, -0.1) is 5.10 Å². The van der Waals surface area contributed by atoms with Crippen molar-refractivity contribution in [1.82, 2.24) is 15.2 Å². The number of rotatable bonds is 5. The molecule has 0 atom stereocenters. The Morgan fingerprint density at radius 1 is 1.52 bits per heavy atom. The van der Waals surface area contributed by atoms with Crippen molar-refractivity contribution in [1.29, 1.82) is 0 Å². The Labute approximate surface area is 120 Å². The predicted molar refractivity (Wildman–Crippen MR) is 74.3 cm³/mol. The lowest BCUT2D eigenvalue weighted by Gasteiger charge is -2.04. The van der Waals surface area contributed by atoms with Crippen molar-refractivity contribution in [3.05, 3.63) is 34.1 Å². The highest BCUT2D eigenvalue weighted by Gasteiger charge is 2.11. The molecule has 0 aliphatic rings. The van der Waals surface area contributed by atoms with Gasteiger partial charge in [-0.05, 0) is 6.92 Å². The first-order chi connectivity index (χ1) is 9.95. The highest BCUT2D eigenvalue weighted by molar-refractivity contribution is 5.90. The molecule has 0 unspecified atom stereocenters. The van der Waals surface area contributed by atoms with E-state index in [1.165, 1.54) is 12.3 Å². The van der Waals surface area contributed by atoms with Gasteiger partial charge in [-0.25, -0.2) is 0 Å². The average molecular weight is 292 g/mol. The van der Waals surface area contributed by atoms with Crippen molar-refractivity contribution in [3.63, 3.8) is 0 Å². The molecule has 0 radical (unpaired) electrons. The van der Waals surface area contributed by atoms with E-state index in [2.05, 4.69) is 20.5 Å². The van der Waals surface area contributed by atoms with Crippen LogP contribution in [0.3, 0.4) is 0 Å². The monoisotopic (exact) mass is 292 g/mol. The van der Waals surface area contributed by atoms with Crippen LogP contribution in [0.15, 0.2) is 21.5 Å². The lowest BCUT2D eigenvalue weighted by Crippen LogP contribution is -2.22. The number of amides is 1. The van der Waals surface area contributed by atoms with E-state index in [0.717, 1.165) is 0 Å². The summed E-state index contributed by atoms with van der Waals surface area (Å²) in [6, 6.07) is 1.29. The number of anilines is 1. The van der Waals surface area contributed by atoms with Gasteiger partial charge in [0, 0.05) is 12.0 Å². The molecule has 0 aromatic carbocycles. The number of nitrogens with zero attached hydrogens (tertiary/aromatic N) is 2. The van der Waals surface area contributed by atoms with Crippen molar-refractivity contribution in [2.75, 3.05) is 11.9 Å². The van der Waals surface area contributed by atoms with Gasteiger partial charge in [-0.3, -0.25) is 20.0 Å². The van der Waals surface area contributed by atoms with E-state index in [1.807, 2.05) is 13.8 Å². The molecule has 0 aliphatic heterocycles. The smallest absolute Gasteiger partial charge is 0.264 e. The van der Waals surface area contributed by atoms with Crippen molar-refractivity contribution in [3.8, 4) is 5.75 Å². The molecular formula is C13H16N4O4. The second kappa shape index (κ2) is 6.21. The number of aromatic nitrogens is 3. The summed E-state index contributed by atoms with van der Waals surface area (Å²) >= 11 is 0. The fraction of sp³-hybridized carbons (Fsp3) is 0.385. The Kier molecular flexibility index (Phi) is 4.36. The van der Waals surface area contributed by atoms with E-state index in [0.29, 0.717) is 11.6 Å². The van der Waals surface area contributed by atoms with Crippen molar-refractivity contribution < 1.29 is 13.9 Å². The van der Waals surface area contributed by atoms with Crippen LogP contribution in [0.2, 0.25) is 0 Å². The van der Waals surface area contributed by atoms with Gasteiger partial charge >= 0.3 is 0 Å². The first-order valence-corrected chi connectivity index (χ1v) is 6.40. The highest BCUT2D eigenvalue weighted by Crippen LogP contribution is 2.10. The van der Waals surface area contributed by atoms with Gasteiger partial charge < -0.3 is 9.15 Å². The SMILES string of the molecule is Cc1cc(=O)c(OCC(=O)Nc2n[nH]c(C(C)C)n2)co1. The summed E-state index contributed by atoms with van der Waals surface area (Å²) in [6.45, 7) is 5.21. The molecule has 2 aromatic rings. The van der Waals surface area contributed by atoms with Crippen LogP contribution in [-0.4, -0.2) is 27.7 Å². The summed E-state index contributed by atoms with van der Waals surface area (Å²) < 4.78 is 10.1. The van der Waals surface area contributed by atoms with Crippen LogP contribution in [0.1, 0.15) is 31.4 Å². The van der Waals surface area contributed by atoms with Gasteiger partial charge in [0.2, 0.25) is 17.1 Å². The summed E-state index contributed by atoms with van der Waals surface area (Å²) in [4.78, 5) is 27.3. The lowest BCUT2D eigenvalue weighted by molar-refractivity contribution is -0.118. The van der Waals surface area contributed by atoms with E-state index < -0.39 is 5.91 Å². The Balaban J connectivity index is 1.91. The van der Waals surface area contributed by atoms with Crippen LogP contribution in [0, 0.1) is 6.92 Å². The van der Waals surface area contributed by atoms with E-state index in [-0.39, 0.29) is 29.7 Å². The van der Waals surface area contributed by atoms with Crippen LogP contribution in [0.5, 0.6) is 5.75 Å². The highest BCUT2D eigenvalue weighted by atomic mass is 16.5. The van der Waals surface area contributed by atoms with Crippen LogP contribution in [0.25, 0.3) is 0 Å². The predicted octanol–water partition coefficient (Wildman–Crippen LogP) is 1.21. The number of hydrogen-bond acceptors (Lipinski definition) is 6. The third kappa shape index (κ3) is 3.91. The quantitative estimate of drug-likeness (QED) is 0.857. The molecule has 8 nitrogen and oxygen atoms in total. The molecule has 8 heteroatoms. The number of aromatic amines is 1. The average Bonchev–Trinajstić information content (AvgIpc) is 2.86. The molecule has 2 N–H and O–H groups in total. The first-order valence-electron chi connectivity index (χ1n) is 6.40. The van der Waals surface area contributed by atoms with Gasteiger partial charge in [0.15, 0.2) is 6.61 Å². The van der Waals surface area contributed by atoms with Crippen LogP contribution in [-0.2, 0) is 4.79 Å². The zero-order chi connectivity index (χ0) is 15.4. The standard InChI is InChI=1S/C13H16N4O4/c1-7(2)12-15-13(17-16-12)14-11(19)6-21-10-5-20-8(3)4-9(10)18/h4-5,7H,6H2,1-3H3,(H2,14,15,16,17,19). The zero-order valence-corrected chi connectivity index (χ0v) is 12.0. The fourth-order valence-corrected chi connectivity index (χ4v) is 1.49.